The van der Waals surface area contributed by atoms with Crippen LogP contribution >= 0.6 is 0 Å². The van der Waals surface area contributed by atoms with Crippen molar-refractivity contribution in [2.75, 3.05) is 0 Å². The maximum absolute atomic E-state index is 12.9. The Balaban J connectivity index is 1.56. The zero-order valence-corrected chi connectivity index (χ0v) is 18.0. The maximum Gasteiger partial charge on any atom is 0.253 e. The molecule has 0 spiro atoms. The van der Waals surface area contributed by atoms with Crippen molar-refractivity contribution in [2.24, 2.45) is 7.05 Å². The van der Waals surface area contributed by atoms with Gasteiger partial charge < -0.3 is 10.3 Å². The normalized spacial score (nSPS) is 11.2. The van der Waals surface area contributed by atoms with E-state index in [-0.39, 0.29) is 23.9 Å². The molecular weight excluding hydrogens is 388 g/mol. The van der Waals surface area contributed by atoms with E-state index in [9.17, 15) is 9.59 Å². The monoisotopic (exact) mass is 414 g/mol. The summed E-state index contributed by atoms with van der Waals surface area (Å²) in [4.78, 5) is 28.5. The van der Waals surface area contributed by atoms with Gasteiger partial charge in [-0.25, -0.2) is 0 Å². The third kappa shape index (κ3) is 4.14. The summed E-state index contributed by atoms with van der Waals surface area (Å²) in [6, 6.07) is 19.6. The summed E-state index contributed by atoms with van der Waals surface area (Å²) in [5.41, 5.74) is 4.97. The molecule has 0 fully saturated rings. The van der Waals surface area contributed by atoms with Gasteiger partial charge in [-0.1, -0.05) is 60.7 Å². The lowest BCUT2D eigenvalue weighted by Gasteiger charge is -2.20. The number of nitrogens with one attached hydrogen (secondary N) is 2. The molecule has 0 aliphatic carbocycles. The number of hydrogen-bond acceptors (Lipinski definition) is 3. The van der Waals surface area contributed by atoms with Crippen molar-refractivity contribution in [3.63, 3.8) is 0 Å². The number of hydrogen-bond donors (Lipinski definition) is 2. The molecule has 0 aliphatic rings. The summed E-state index contributed by atoms with van der Waals surface area (Å²) >= 11 is 0. The molecule has 1 amide bonds. The van der Waals surface area contributed by atoms with Crippen LogP contribution < -0.4 is 10.9 Å². The zero-order valence-electron chi connectivity index (χ0n) is 18.0. The highest BCUT2D eigenvalue weighted by Gasteiger charge is 2.19. The number of aromatic amines is 1. The number of aryl methyl sites for hydroxylation is 3. The summed E-state index contributed by atoms with van der Waals surface area (Å²) in [5.74, 6) is -0.0977. The molecule has 4 aromatic rings. The molecule has 0 atom stereocenters. The smallest absolute Gasteiger partial charge is 0.253 e. The number of rotatable bonds is 6. The molecule has 31 heavy (non-hydrogen) atoms. The van der Waals surface area contributed by atoms with Gasteiger partial charge in [-0.3, -0.25) is 14.3 Å². The van der Waals surface area contributed by atoms with E-state index in [1.807, 2.05) is 81.6 Å². The Bertz CT molecular complexity index is 1230. The van der Waals surface area contributed by atoms with E-state index in [4.69, 9.17) is 0 Å². The van der Waals surface area contributed by atoms with Gasteiger partial charge >= 0.3 is 0 Å². The summed E-state index contributed by atoms with van der Waals surface area (Å²) < 4.78 is 1.68. The van der Waals surface area contributed by atoms with Crippen molar-refractivity contribution in [3.05, 3.63) is 99.0 Å². The third-order valence-electron chi connectivity index (χ3n) is 5.73. The Labute approximate surface area is 180 Å². The SMILES string of the molecule is Cc1nn(C)c2[nH]c(=O)c(CCC(=O)NC(c3ccccc3)c3ccccc3)c(C)c12. The summed E-state index contributed by atoms with van der Waals surface area (Å²) in [5, 5.41) is 8.49. The summed E-state index contributed by atoms with van der Waals surface area (Å²) in [7, 11) is 1.81. The molecule has 4 rings (SSSR count). The molecule has 6 heteroatoms. The first-order chi connectivity index (χ1) is 15.0. The van der Waals surface area contributed by atoms with Crippen molar-refractivity contribution in [2.45, 2.75) is 32.7 Å². The molecule has 2 heterocycles. The van der Waals surface area contributed by atoms with Crippen LogP contribution in [0.1, 0.15) is 40.4 Å². The molecule has 2 aromatic heterocycles. The first kappa shape index (κ1) is 20.6. The van der Waals surface area contributed by atoms with Gasteiger partial charge in [0, 0.05) is 24.4 Å². The first-order valence-electron chi connectivity index (χ1n) is 10.4. The second-order valence-corrected chi connectivity index (χ2v) is 7.81. The number of carbonyl (C=O) groups excluding carboxylic acids is 1. The van der Waals surface area contributed by atoms with E-state index in [2.05, 4.69) is 15.4 Å². The van der Waals surface area contributed by atoms with Crippen LogP contribution in [-0.2, 0) is 18.3 Å². The second-order valence-electron chi connectivity index (χ2n) is 7.81. The van der Waals surface area contributed by atoms with E-state index >= 15 is 0 Å². The molecule has 6 nitrogen and oxygen atoms in total. The lowest BCUT2D eigenvalue weighted by molar-refractivity contribution is -0.121. The minimum atomic E-state index is -0.239. The van der Waals surface area contributed by atoms with Gasteiger partial charge in [0.15, 0.2) is 0 Å². The molecule has 0 aliphatic heterocycles. The fraction of sp³-hybridized carbons (Fsp3) is 0.240. The molecular formula is C25H26N4O2. The molecule has 0 radical (unpaired) electrons. The average Bonchev–Trinajstić information content (AvgIpc) is 3.06. The lowest BCUT2D eigenvalue weighted by atomic mass is 9.98. The van der Waals surface area contributed by atoms with Gasteiger partial charge in [0.2, 0.25) is 5.91 Å². The summed E-state index contributed by atoms with van der Waals surface area (Å²) in [6.45, 7) is 3.85. The first-order valence-corrected chi connectivity index (χ1v) is 10.4. The topological polar surface area (TPSA) is 79.8 Å². The van der Waals surface area contributed by atoms with E-state index in [0.717, 1.165) is 27.8 Å². The Morgan fingerprint density at radius 2 is 1.61 bits per heavy atom. The fourth-order valence-corrected chi connectivity index (χ4v) is 4.18. The van der Waals surface area contributed by atoms with Crippen LogP contribution in [0.25, 0.3) is 11.0 Å². The van der Waals surface area contributed by atoms with Crippen molar-refractivity contribution in [1.82, 2.24) is 20.1 Å². The van der Waals surface area contributed by atoms with Crippen LogP contribution in [0, 0.1) is 13.8 Å². The van der Waals surface area contributed by atoms with E-state index in [1.165, 1.54) is 0 Å². The predicted octanol–water partition coefficient (Wildman–Crippen LogP) is 3.72. The van der Waals surface area contributed by atoms with Crippen molar-refractivity contribution in [1.29, 1.82) is 0 Å². The van der Waals surface area contributed by atoms with Crippen LogP contribution in [0.2, 0.25) is 0 Å². The van der Waals surface area contributed by atoms with Gasteiger partial charge in [0.1, 0.15) is 5.65 Å². The minimum absolute atomic E-state index is 0.0977. The van der Waals surface area contributed by atoms with Gasteiger partial charge in [-0.2, -0.15) is 5.10 Å². The van der Waals surface area contributed by atoms with Crippen LogP contribution in [0.15, 0.2) is 65.5 Å². The number of aromatic nitrogens is 3. The maximum atomic E-state index is 12.9. The van der Waals surface area contributed by atoms with Crippen molar-refractivity contribution < 1.29 is 4.79 Å². The number of carbonyl (C=O) groups is 1. The van der Waals surface area contributed by atoms with E-state index in [1.54, 1.807) is 4.68 Å². The molecule has 0 bridgehead atoms. The van der Waals surface area contributed by atoms with Crippen molar-refractivity contribution >= 4 is 16.9 Å². The van der Waals surface area contributed by atoms with E-state index < -0.39 is 0 Å². The molecule has 2 N–H and O–H groups in total. The highest BCUT2D eigenvalue weighted by molar-refractivity contribution is 5.83. The fourth-order valence-electron chi connectivity index (χ4n) is 4.18. The summed E-state index contributed by atoms with van der Waals surface area (Å²) in [6.07, 6.45) is 0.596. The molecule has 0 unspecified atom stereocenters. The minimum Gasteiger partial charge on any atom is -0.345 e. The zero-order chi connectivity index (χ0) is 22.0. The van der Waals surface area contributed by atoms with Gasteiger partial charge in [0.05, 0.1) is 11.7 Å². The molecule has 2 aromatic carbocycles. The number of fused-ring (bicyclic) bond motifs is 1. The molecule has 0 saturated carbocycles. The number of benzene rings is 2. The van der Waals surface area contributed by atoms with Gasteiger partial charge in [-0.05, 0) is 37.0 Å². The Morgan fingerprint density at radius 3 is 2.19 bits per heavy atom. The standard InChI is InChI=1S/C25H26N4O2/c1-16-20(25(31)27-24-22(16)17(2)28-29(24)3)14-15-21(30)26-23(18-10-6-4-7-11-18)19-12-8-5-9-13-19/h4-13,23H,14-15H2,1-3H3,(H,26,30)(H,27,31). The van der Waals surface area contributed by atoms with Crippen molar-refractivity contribution in [3.8, 4) is 0 Å². The van der Waals surface area contributed by atoms with Crippen LogP contribution in [0.5, 0.6) is 0 Å². The number of nitrogens with zero attached hydrogens (tertiary/aromatic N) is 2. The van der Waals surface area contributed by atoms with Crippen LogP contribution in [-0.4, -0.2) is 20.7 Å². The quantitative estimate of drug-likeness (QED) is 0.505. The molecule has 158 valence electrons. The van der Waals surface area contributed by atoms with Crippen LogP contribution in [0.3, 0.4) is 0 Å². The number of H-pyrrole nitrogens is 1. The van der Waals surface area contributed by atoms with Gasteiger partial charge in [-0.15, -0.1) is 0 Å². The third-order valence-corrected chi connectivity index (χ3v) is 5.73. The number of amides is 1. The predicted molar refractivity (Wildman–Crippen MR) is 122 cm³/mol. The Morgan fingerprint density at radius 1 is 1.03 bits per heavy atom. The highest BCUT2D eigenvalue weighted by atomic mass is 16.1. The molecule has 0 saturated heterocycles. The Kier molecular flexibility index (Phi) is 5.71. The average molecular weight is 415 g/mol. The van der Waals surface area contributed by atoms with Crippen LogP contribution in [0.4, 0.5) is 0 Å². The second kappa shape index (κ2) is 8.60. The van der Waals surface area contributed by atoms with Gasteiger partial charge in [0.25, 0.3) is 5.56 Å². The number of pyridine rings is 1. The lowest BCUT2D eigenvalue weighted by Crippen LogP contribution is -2.30. The largest absolute Gasteiger partial charge is 0.345 e. The Hall–Kier alpha value is -3.67. The highest BCUT2D eigenvalue weighted by Crippen LogP contribution is 2.23. The van der Waals surface area contributed by atoms with E-state index in [0.29, 0.717) is 17.6 Å².